The second-order valence-corrected chi connectivity index (χ2v) is 8.06. The summed E-state index contributed by atoms with van der Waals surface area (Å²) >= 11 is 0. The van der Waals surface area contributed by atoms with Crippen LogP contribution in [0.1, 0.15) is 15.9 Å². The van der Waals surface area contributed by atoms with E-state index < -0.39 is 70.5 Å². The smallest absolute Gasteiger partial charge is 0.435 e. The Morgan fingerprint density at radius 2 is 0.976 bits per heavy atom. The lowest BCUT2D eigenvalue weighted by atomic mass is 9.87. The van der Waals surface area contributed by atoms with Crippen LogP contribution in [-0.4, -0.2) is 47.7 Å². The van der Waals surface area contributed by atoms with Crippen LogP contribution in [0.4, 0.5) is 80.3 Å². The number of hydrogen-bond donors (Lipinski definition) is 0. The van der Waals surface area contributed by atoms with Crippen molar-refractivity contribution in [2.75, 3.05) is 0 Å². The van der Waals surface area contributed by atoms with Crippen molar-refractivity contribution >= 4 is 11.7 Å². The van der Waals surface area contributed by atoms with Gasteiger partial charge in [0, 0.05) is 5.56 Å². The third-order valence-electron chi connectivity index (χ3n) is 5.39. The van der Waals surface area contributed by atoms with Crippen LogP contribution in [-0.2, 0) is 5.92 Å². The summed E-state index contributed by atoms with van der Waals surface area (Å²) in [7, 11) is 0. The molecule has 2 rings (SSSR count). The summed E-state index contributed by atoms with van der Waals surface area (Å²) in [5, 5.41) is 0. The standard InChI is InChI=1S/C22H8F17NO2/c1-40-12-4-2-3-5-13(12)42-14(41)10-6-8-11(9-7-10)15(23,24)16(25,26)17(27,28)18(29,30)19(31,32)20(33,34)21(35,36)22(37,38)39/h2-9H. The van der Waals surface area contributed by atoms with Gasteiger partial charge in [-0.2, -0.15) is 74.6 Å². The maximum atomic E-state index is 14.4. The molecule has 2 aromatic carbocycles. The van der Waals surface area contributed by atoms with Gasteiger partial charge in [0.05, 0.1) is 12.1 Å². The Hall–Kier alpha value is -3.79. The van der Waals surface area contributed by atoms with Crippen LogP contribution >= 0.6 is 0 Å². The third kappa shape index (κ3) is 4.85. The quantitative estimate of drug-likeness (QED) is 0.119. The average molecular weight is 641 g/mol. The first-order valence-corrected chi connectivity index (χ1v) is 10.2. The summed E-state index contributed by atoms with van der Waals surface area (Å²) in [4.78, 5) is 15.1. The molecule has 0 aromatic heterocycles. The van der Waals surface area contributed by atoms with Gasteiger partial charge >= 0.3 is 53.6 Å². The van der Waals surface area contributed by atoms with Crippen molar-refractivity contribution < 1.29 is 84.2 Å². The molecule has 0 saturated heterocycles. The highest BCUT2D eigenvalue weighted by Gasteiger charge is 2.95. The Labute approximate surface area is 221 Å². The van der Waals surface area contributed by atoms with Crippen LogP contribution in [0.5, 0.6) is 5.75 Å². The molecule has 0 N–H and O–H groups in total. The predicted molar refractivity (Wildman–Crippen MR) is 104 cm³/mol. The van der Waals surface area contributed by atoms with E-state index in [1.807, 2.05) is 0 Å². The Bertz CT molecular complexity index is 1360. The van der Waals surface area contributed by atoms with E-state index in [9.17, 15) is 79.4 Å². The molecule has 20 heteroatoms. The minimum atomic E-state index is -8.72. The fourth-order valence-electron chi connectivity index (χ4n) is 2.96. The monoisotopic (exact) mass is 641 g/mol. The number of benzene rings is 2. The van der Waals surface area contributed by atoms with Crippen molar-refractivity contribution in [3.8, 4) is 5.75 Å². The number of nitrogens with zero attached hydrogens (tertiary/aromatic N) is 1. The second-order valence-electron chi connectivity index (χ2n) is 8.06. The molecule has 0 saturated carbocycles. The number of para-hydroxylation sites is 2. The number of esters is 1. The molecule has 0 atom stereocenters. The highest BCUT2D eigenvalue weighted by Crippen LogP contribution is 2.65. The van der Waals surface area contributed by atoms with E-state index in [1.165, 1.54) is 12.1 Å². The van der Waals surface area contributed by atoms with Crippen LogP contribution in [0, 0.1) is 6.57 Å². The topological polar surface area (TPSA) is 30.7 Å². The highest BCUT2D eigenvalue weighted by molar-refractivity contribution is 5.91. The zero-order valence-corrected chi connectivity index (χ0v) is 19.3. The predicted octanol–water partition coefficient (Wildman–Crippen LogP) is 8.92. The molecule has 0 aliphatic rings. The molecule has 0 aliphatic heterocycles. The van der Waals surface area contributed by atoms with Crippen molar-refractivity contribution in [3.05, 3.63) is 71.1 Å². The zero-order chi connectivity index (χ0) is 33.0. The lowest BCUT2D eigenvalue weighted by molar-refractivity contribution is -0.462. The van der Waals surface area contributed by atoms with Gasteiger partial charge in [-0.15, -0.1) is 0 Å². The molecule has 0 bridgehead atoms. The first-order chi connectivity index (χ1) is 18.7. The number of ether oxygens (including phenoxy) is 1. The molecule has 0 fully saturated rings. The summed E-state index contributed by atoms with van der Waals surface area (Å²) in [5.41, 5.74) is -3.60. The van der Waals surface area contributed by atoms with Crippen molar-refractivity contribution in [3.63, 3.8) is 0 Å². The Balaban J connectivity index is 2.50. The molecule has 232 valence electrons. The van der Waals surface area contributed by atoms with Gasteiger partial charge in [-0.3, -0.25) is 0 Å². The number of carbonyl (C=O) groups is 1. The number of halogens is 17. The summed E-state index contributed by atoms with van der Waals surface area (Å²) in [6.07, 6.45) is -7.83. The first kappa shape index (κ1) is 34.4. The van der Waals surface area contributed by atoms with Gasteiger partial charge in [0.1, 0.15) is 5.75 Å². The molecule has 2 aromatic rings. The van der Waals surface area contributed by atoms with E-state index in [4.69, 9.17) is 11.3 Å². The molecular weight excluding hydrogens is 633 g/mol. The number of alkyl halides is 17. The largest absolute Gasteiger partial charge is 0.460 e. The summed E-state index contributed by atoms with van der Waals surface area (Å²) in [6, 6.07) is 4.31. The minimum Gasteiger partial charge on any atom is -0.435 e. The second kappa shape index (κ2) is 10.2. The first-order valence-electron chi connectivity index (χ1n) is 10.2. The SMILES string of the molecule is [C-]#[N+]c1ccccc1OC(=O)c1ccc(C(F)(F)C(F)(F)C(F)(F)C(F)(F)C(F)(F)C(F)(F)C(F)(F)C(F)(F)F)cc1. The Morgan fingerprint density at radius 3 is 1.40 bits per heavy atom. The fourth-order valence-corrected chi connectivity index (χ4v) is 2.96. The summed E-state index contributed by atoms with van der Waals surface area (Å²) < 4.78 is 233. The van der Waals surface area contributed by atoms with Crippen molar-refractivity contribution in [1.82, 2.24) is 0 Å². The lowest BCUT2D eigenvalue weighted by Crippen LogP contribution is -2.74. The maximum absolute atomic E-state index is 14.4. The molecule has 0 heterocycles. The lowest BCUT2D eigenvalue weighted by Gasteiger charge is -2.42. The van der Waals surface area contributed by atoms with Crippen molar-refractivity contribution in [2.45, 2.75) is 47.6 Å². The number of hydrogen-bond acceptors (Lipinski definition) is 2. The van der Waals surface area contributed by atoms with Gasteiger partial charge in [-0.05, 0) is 18.2 Å². The molecule has 0 unspecified atom stereocenters. The van der Waals surface area contributed by atoms with E-state index in [0.717, 1.165) is 12.1 Å². The minimum absolute atomic E-state index is 0.116. The number of carbonyl (C=O) groups excluding carboxylic acids is 1. The molecule has 42 heavy (non-hydrogen) atoms. The summed E-state index contributed by atoms with van der Waals surface area (Å²) in [6.45, 7) is 6.90. The average Bonchev–Trinajstić information content (AvgIpc) is 2.87. The van der Waals surface area contributed by atoms with Gasteiger partial charge < -0.3 is 4.74 Å². The van der Waals surface area contributed by atoms with Crippen LogP contribution in [0.25, 0.3) is 4.85 Å². The van der Waals surface area contributed by atoms with Gasteiger partial charge in [0.25, 0.3) is 0 Å². The highest BCUT2D eigenvalue weighted by atomic mass is 19.4. The Morgan fingerprint density at radius 1 is 0.571 bits per heavy atom. The molecular formula is C22H8F17NO2. The fraction of sp³-hybridized carbons (Fsp3) is 0.364. The van der Waals surface area contributed by atoms with Gasteiger partial charge in [-0.1, -0.05) is 30.3 Å². The Kier molecular flexibility index (Phi) is 8.35. The van der Waals surface area contributed by atoms with E-state index >= 15 is 0 Å². The molecule has 0 spiro atoms. The van der Waals surface area contributed by atoms with Gasteiger partial charge in [0.15, 0.2) is 0 Å². The van der Waals surface area contributed by atoms with E-state index in [-0.39, 0.29) is 30.0 Å². The maximum Gasteiger partial charge on any atom is 0.460 e. The van der Waals surface area contributed by atoms with Crippen LogP contribution < -0.4 is 4.74 Å². The van der Waals surface area contributed by atoms with Crippen molar-refractivity contribution in [2.24, 2.45) is 0 Å². The molecule has 0 aliphatic carbocycles. The van der Waals surface area contributed by atoms with E-state index in [1.54, 1.807) is 0 Å². The van der Waals surface area contributed by atoms with Crippen LogP contribution in [0.3, 0.4) is 0 Å². The molecule has 3 nitrogen and oxygen atoms in total. The zero-order valence-electron chi connectivity index (χ0n) is 19.3. The third-order valence-corrected chi connectivity index (χ3v) is 5.39. The normalized spacial score (nSPS) is 14.4. The van der Waals surface area contributed by atoms with Crippen LogP contribution in [0.15, 0.2) is 48.5 Å². The van der Waals surface area contributed by atoms with Gasteiger partial charge in [0.2, 0.25) is 5.69 Å². The van der Waals surface area contributed by atoms with Crippen molar-refractivity contribution in [1.29, 1.82) is 0 Å². The van der Waals surface area contributed by atoms with E-state index in [2.05, 4.69) is 4.85 Å². The molecule has 0 amide bonds. The van der Waals surface area contributed by atoms with E-state index in [0.29, 0.717) is 0 Å². The number of rotatable bonds is 9. The summed E-state index contributed by atoms with van der Waals surface area (Å²) in [5.74, 6) is -59.3. The molecule has 0 radical (unpaired) electrons. The van der Waals surface area contributed by atoms with Crippen LogP contribution in [0.2, 0.25) is 0 Å². The van der Waals surface area contributed by atoms with Gasteiger partial charge in [-0.25, -0.2) is 9.64 Å².